The first-order chi connectivity index (χ1) is 9.61. The number of anilines is 1. The average Bonchev–Trinajstić information content (AvgIpc) is 2.82. The third-order valence-corrected chi connectivity index (χ3v) is 3.54. The average molecular weight is 273 g/mol. The molecular weight excluding hydrogens is 254 g/mol. The van der Waals surface area contributed by atoms with Crippen molar-refractivity contribution < 1.29 is 4.42 Å². The molecule has 0 spiro atoms. The Morgan fingerprint density at radius 3 is 3.05 bits per heavy atom. The second kappa shape index (κ2) is 5.03. The van der Waals surface area contributed by atoms with Gasteiger partial charge in [0.1, 0.15) is 18.1 Å². The zero-order valence-electron chi connectivity index (χ0n) is 11.7. The Morgan fingerprint density at radius 2 is 2.40 bits per heavy atom. The molecule has 6 heteroatoms. The maximum atomic E-state index is 5.82. The van der Waals surface area contributed by atoms with E-state index in [1.807, 2.05) is 25.4 Å². The fourth-order valence-electron chi connectivity index (χ4n) is 2.23. The Kier molecular flexibility index (Phi) is 3.22. The number of nitrogens with two attached hydrogens (primary N) is 1. The highest BCUT2D eigenvalue weighted by atomic mass is 16.3. The van der Waals surface area contributed by atoms with Crippen LogP contribution in [0.1, 0.15) is 30.8 Å². The van der Waals surface area contributed by atoms with Crippen LogP contribution in [-0.2, 0) is 13.6 Å². The topological polar surface area (TPSA) is 81.4 Å². The van der Waals surface area contributed by atoms with E-state index in [0.717, 1.165) is 23.1 Å². The van der Waals surface area contributed by atoms with Gasteiger partial charge in [0, 0.05) is 19.2 Å². The number of guanidine groups is 1. The lowest BCUT2D eigenvalue weighted by Gasteiger charge is -2.01. The summed E-state index contributed by atoms with van der Waals surface area (Å²) < 4.78 is 7.48. The number of nitrogens with one attached hydrogen (secondary N) is 1. The van der Waals surface area contributed by atoms with E-state index in [0.29, 0.717) is 18.4 Å². The van der Waals surface area contributed by atoms with Gasteiger partial charge in [-0.05, 0) is 24.5 Å². The molecule has 2 atom stereocenters. The van der Waals surface area contributed by atoms with Crippen molar-refractivity contribution in [3.05, 3.63) is 36.0 Å². The number of hydrogen-bond donors (Lipinski definition) is 2. The molecule has 1 fully saturated rings. The fourth-order valence-corrected chi connectivity index (χ4v) is 2.23. The summed E-state index contributed by atoms with van der Waals surface area (Å²) in [4.78, 5) is 4.26. The molecule has 3 N–H and O–H groups in total. The van der Waals surface area contributed by atoms with Crippen LogP contribution in [0.15, 0.2) is 33.9 Å². The SMILES string of the molecule is C[C@H]1C[C@@H]1c1ccc(CN=C(N)Nc2cnn(C)c2)o1. The quantitative estimate of drug-likeness (QED) is 0.660. The summed E-state index contributed by atoms with van der Waals surface area (Å²) in [6, 6.07) is 4.02. The molecule has 1 aliphatic rings. The number of aromatic nitrogens is 2. The highest BCUT2D eigenvalue weighted by Gasteiger charge is 2.36. The van der Waals surface area contributed by atoms with Crippen molar-refractivity contribution in [3.63, 3.8) is 0 Å². The molecule has 0 radical (unpaired) electrons. The standard InChI is InChI=1S/C14H19N5O/c1-9-5-12(9)13-4-3-11(20-13)7-16-14(15)18-10-6-17-19(2)8-10/h3-4,6,8-9,12H,5,7H2,1-2H3,(H3,15,16,18)/t9-,12-/m0/s1. The first-order valence-electron chi connectivity index (χ1n) is 6.76. The van der Waals surface area contributed by atoms with Gasteiger partial charge in [0.15, 0.2) is 5.96 Å². The van der Waals surface area contributed by atoms with Crippen molar-refractivity contribution in [1.29, 1.82) is 0 Å². The van der Waals surface area contributed by atoms with E-state index in [1.54, 1.807) is 10.9 Å². The molecule has 0 unspecified atom stereocenters. The van der Waals surface area contributed by atoms with Crippen LogP contribution in [0.3, 0.4) is 0 Å². The molecule has 0 aliphatic heterocycles. The molecule has 1 saturated carbocycles. The molecule has 0 amide bonds. The summed E-state index contributed by atoms with van der Waals surface area (Å²) in [7, 11) is 1.85. The van der Waals surface area contributed by atoms with Crippen LogP contribution >= 0.6 is 0 Å². The minimum absolute atomic E-state index is 0.357. The van der Waals surface area contributed by atoms with Gasteiger partial charge in [-0.3, -0.25) is 4.68 Å². The maximum absolute atomic E-state index is 5.82. The summed E-state index contributed by atoms with van der Waals surface area (Å²) in [5.41, 5.74) is 6.64. The van der Waals surface area contributed by atoms with Gasteiger partial charge in [-0.15, -0.1) is 0 Å². The molecule has 20 heavy (non-hydrogen) atoms. The monoisotopic (exact) mass is 273 g/mol. The molecule has 2 aromatic heterocycles. The summed E-state index contributed by atoms with van der Waals surface area (Å²) in [5.74, 6) is 3.61. The highest BCUT2D eigenvalue weighted by Crippen LogP contribution is 2.47. The largest absolute Gasteiger partial charge is 0.464 e. The Balaban J connectivity index is 1.57. The van der Waals surface area contributed by atoms with E-state index in [9.17, 15) is 0 Å². The van der Waals surface area contributed by atoms with Crippen LogP contribution in [0.4, 0.5) is 5.69 Å². The third kappa shape index (κ3) is 2.84. The molecule has 2 aromatic rings. The molecule has 0 aromatic carbocycles. The fraction of sp³-hybridized carbons (Fsp3) is 0.429. The van der Waals surface area contributed by atoms with E-state index < -0.39 is 0 Å². The van der Waals surface area contributed by atoms with Gasteiger partial charge >= 0.3 is 0 Å². The van der Waals surface area contributed by atoms with Gasteiger partial charge < -0.3 is 15.5 Å². The van der Waals surface area contributed by atoms with E-state index in [4.69, 9.17) is 10.2 Å². The van der Waals surface area contributed by atoms with Gasteiger partial charge in [0.05, 0.1) is 11.9 Å². The molecule has 1 aliphatic carbocycles. The lowest BCUT2D eigenvalue weighted by Crippen LogP contribution is -2.22. The van der Waals surface area contributed by atoms with Crippen LogP contribution < -0.4 is 11.1 Å². The van der Waals surface area contributed by atoms with Crippen LogP contribution in [0.25, 0.3) is 0 Å². The Morgan fingerprint density at radius 1 is 1.60 bits per heavy atom. The number of nitrogens with zero attached hydrogens (tertiary/aromatic N) is 3. The van der Waals surface area contributed by atoms with Crippen molar-refractivity contribution in [2.45, 2.75) is 25.8 Å². The van der Waals surface area contributed by atoms with Gasteiger partial charge in [0.2, 0.25) is 0 Å². The normalized spacial score (nSPS) is 22.0. The third-order valence-electron chi connectivity index (χ3n) is 3.54. The highest BCUT2D eigenvalue weighted by molar-refractivity contribution is 5.91. The van der Waals surface area contributed by atoms with Crippen molar-refractivity contribution in [2.75, 3.05) is 5.32 Å². The molecule has 106 valence electrons. The molecule has 3 rings (SSSR count). The van der Waals surface area contributed by atoms with Crippen LogP contribution in [-0.4, -0.2) is 15.7 Å². The van der Waals surface area contributed by atoms with Crippen LogP contribution in [0, 0.1) is 5.92 Å². The zero-order chi connectivity index (χ0) is 14.1. The molecule has 2 heterocycles. The summed E-state index contributed by atoms with van der Waals surface area (Å²) in [6.07, 6.45) is 4.75. The number of rotatable bonds is 4. The lowest BCUT2D eigenvalue weighted by molar-refractivity contribution is 0.464. The Labute approximate surface area is 117 Å². The molecule has 0 bridgehead atoms. The van der Waals surface area contributed by atoms with Crippen LogP contribution in [0.5, 0.6) is 0 Å². The molecular formula is C14H19N5O. The predicted molar refractivity (Wildman–Crippen MR) is 77.4 cm³/mol. The molecule has 0 saturated heterocycles. The minimum Gasteiger partial charge on any atom is -0.464 e. The van der Waals surface area contributed by atoms with E-state index in [1.165, 1.54) is 6.42 Å². The van der Waals surface area contributed by atoms with E-state index in [-0.39, 0.29) is 0 Å². The van der Waals surface area contributed by atoms with Gasteiger partial charge in [-0.1, -0.05) is 6.92 Å². The predicted octanol–water partition coefficient (Wildman–Crippen LogP) is 2.06. The first kappa shape index (κ1) is 12.8. The van der Waals surface area contributed by atoms with Gasteiger partial charge in [-0.2, -0.15) is 5.10 Å². The second-order valence-electron chi connectivity index (χ2n) is 5.35. The van der Waals surface area contributed by atoms with E-state index >= 15 is 0 Å². The maximum Gasteiger partial charge on any atom is 0.193 e. The first-order valence-corrected chi connectivity index (χ1v) is 6.76. The Hall–Kier alpha value is -2.24. The van der Waals surface area contributed by atoms with Crippen molar-refractivity contribution in [3.8, 4) is 0 Å². The summed E-state index contributed by atoms with van der Waals surface area (Å²) in [6.45, 7) is 2.68. The van der Waals surface area contributed by atoms with E-state index in [2.05, 4.69) is 22.3 Å². The summed E-state index contributed by atoms with van der Waals surface area (Å²) >= 11 is 0. The minimum atomic E-state index is 0.357. The summed E-state index contributed by atoms with van der Waals surface area (Å²) in [5, 5.41) is 7.03. The van der Waals surface area contributed by atoms with Crippen molar-refractivity contribution in [2.24, 2.45) is 23.7 Å². The second-order valence-corrected chi connectivity index (χ2v) is 5.35. The zero-order valence-corrected chi connectivity index (χ0v) is 11.7. The van der Waals surface area contributed by atoms with Gasteiger partial charge in [-0.25, -0.2) is 4.99 Å². The molecule has 6 nitrogen and oxygen atoms in total. The smallest absolute Gasteiger partial charge is 0.193 e. The lowest BCUT2D eigenvalue weighted by atomic mass is 10.3. The Bertz CT molecular complexity index is 627. The number of aliphatic imine (C=N–C) groups is 1. The van der Waals surface area contributed by atoms with Crippen molar-refractivity contribution in [1.82, 2.24) is 9.78 Å². The van der Waals surface area contributed by atoms with Crippen LogP contribution in [0.2, 0.25) is 0 Å². The number of aryl methyl sites for hydroxylation is 1. The number of hydrogen-bond acceptors (Lipinski definition) is 3. The van der Waals surface area contributed by atoms with Gasteiger partial charge in [0.25, 0.3) is 0 Å². The number of furan rings is 1. The van der Waals surface area contributed by atoms with Crippen molar-refractivity contribution >= 4 is 11.6 Å².